The molecule has 0 unspecified atom stereocenters. The molecule has 34 heavy (non-hydrogen) atoms. The Morgan fingerprint density at radius 1 is 1.18 bits per heavy atom. The van der Waals surface area contributed by atoms with Crippen LogP contribution in [0.2, 0.25) is 5.02 Å². The highest BCUT2D eigenvalue weighted by Gasteiger charge is 2.20. The molecule has 1 N–H and O–H groups in total. The molecule has 0 atom stereocenters. The zero-order valence-corrected chi connectivity index (χ0v) is 20.6. The maximum absolute atomic E-state index is 13.6. The van der Waals surface area contributed by atoms with Crippen molar-refractivity contribution >= 4 is 46.0 Å². The fraction of sp³-hybridized carbons (Fsp3) is 0.250. The normalized spacial score (nSPS) is 11.1. The minimum atomic E-state index is -0.216. The van der Waals surface area contributed by atoms with Gasteiger partial charge in [-0.25, -0.2) is 4.98 Å². The van der Waals surface area contributed by atoms with Crippen molar-refractivity contribution in [2.45, 2.75) is 32.1 Å². The molecule has 2 heterocycles. The fourth-order valence-corrected chi connectivity index (χ4v) is 4.55. The Bertz CT molecular complexity index is 1400. The smallest absolute Gasteiger partial charge is 0.280 e. The highest BCUT2D eigenvalue weighted by molar-refractivity contribution is 7.99. The quantitative estimate of drug-likeness (QED) is 0.287. The Morgan fingerprint density at radius 3 is 2.62 bits per heavy atom. The van der Waals surface area contributed by atoms with Gasteiger partial charge in [-0.15, -0.1) is 0 Å². The summed E-state index contributed by atoms with van der Waals surface area (Å²) in [5, 5.41) is 8.33. The number of ether oxygens (including phenoxy) is 1. The van der Waals surface area contributed by atoms with E-state index in [-0.39, 0.29) is 23.8 Å². The van der Waals surface area contributed by atoms with Gasteiger partial charge < -0.3 is 10.1 Å². The van der Waals surface area contributed by atoms with Gasteiger partial charge in [-0.05, 0) is 44.2 Å². The molecule has 4 rings (SSSR count). The van der Waals surface area contributed by atoms with Gasteiger partial charge in [-0.3, -0.25) is 18.8 Å². The summed E-state index contributed by atoms with van der Waals surface area (Å²) in [5.74, 6) is 0.533. The highest BCUT2D eigenvalue weighted by Crippen LogP contribution is 2.24. The van der Waals surface area contributed by atoms with Crippen molar-refractivity contribution in [2.24, 2.45) is 0 Å². The van der Waals surface area contributed by atoms with Crippen molar-refractivity contribution in [1.29, 1.82) is 0 Å². The summed E-state index contributed by atoms with van der Waals surface area (Å²) in [6.07, 6.45) is 0. The lowest BCUT2D eigenvalue weighted by atomic mass is 10.2. The lowest BCUT2D eigenvalue weighted by molar-refractivity contribution is -0.113. The first-order valence-electron chi connectivity index (χ1n) is 10.7. The van der Waals surface area contributed by atoms with E-state index in [0.717, 1.165) is 5.56 Å². The van der Waals surface area contributed by atoms with Gasteiger partial charge in [0, 0.05) is 22.8 Å². The number of aryl methyl sites for hydroxylation is 2. The maximum Gasteiger partial charge on any atom is 0.280 e. The van der Waals surface area contributed by atoms with E-state index in [0.29, 0.717) is 44.9 Å². The zero-order chi connectivity index (χ0) is 24.2. The van der Waals surface area contributed by atoms with Crippen LogP contribution in [-0.4, -0.2) is 38.1 Å². The number of aromatic nitrogens is 4. The molecule has 0 saturated carbocycles. The molecule has 2 aromatic heterocycles. The fourth-order valence-electron chi connectivity index (χ4n) is 3.63. The van der Waals surface area contributed by atoms with Gasteiger partial charge in [-0.1, -0.05) is 41.6 Å². The molecule has 0 radical (unpaired) electrons. The molecule has 176 valence electrons. The zero-order valence-electron chi connectivity index (χ0n) is 19.0. The average molecular weight is 498 g/mol. The predicted molar refractivity (Wildman–Crippen MR) is 135 cm³/mol. The number of nitrogens with zero attached hydrogens (tertiary/aromatic N) is 4. The molecule has 0 fully saturated rings. The van der Waals surface area contributed by atoms with E-state index in [2.05, 4.69) is 10.4 Å². The number of thioether (sulfide) groups is 1. The third-order valence-electron chi connectivity index (χ3n) is 5.26. The van der Waals surface area contributed by atoms with Gasteiger partial charge >= 0.3 is 0 Å². The van der Waals surface area contributed by atoms with E-state index >= 15 is 0 Å². The molecule has 0 saturated heterocycles. The second-order valence-electron chi connectivity index (χ2n) is 7.54. The van der Waals surface area contributed by atoms with Crippen LogP contribution in [0.4, 0.5) is 5.69 Å². The van der Waals surface area contributed by atoms with E-state index in [4.69, 9.17) is 21.3 Å². The molecule has 4 aromatic rings. The number of hydrogen-bond acceptors (Lipinski definition) is 6. The molecule has 10 heteroatoms. The topological polar surface area (TPSA) is 91.0 Å². The SMILES string of the molecule is CCn1nc(C)c2nc(SCC(=O)Nc3ccc(Cl)cc3)n(Cc3ccccc3OC)c(=O)c21. The summed E-state index contributed by atoms with van der Waals surface area (Å²) < 4.78 is 8.72. The van der Waals surface area contributed by atoms with Crippen LogP contribution in [0, 0.1) is 6.92 Å². The molecule has 8 nitrogen and oxygen atoms in total. The van der Waals surface area contributed by atoms with Crippen LogP contribution in [0.25, 0.3) is 11.0 Å². The summed E-state index contributed by atoms with van der Waals surface area (Å²) in [4.78, 5) is 30.9. The van der Waals surface area contributed by atoms with Crippen LogP contribution in [0.1, 0.15) is 18.2 Å². The molecular weight excluding hydrogens is 474 g/mol. The molecule has 2 aromatic carbocycles. The lowest BCUT2D eigenvalue weighted by Gasteiger charge is -2.14. The first-order chi connectivity index (χ1) is 16.4. The van der Waals surface area contributed by atoms with Crippen molar-refractivity contribution in [3.63, 3.8) is 0 Å². The van der Waals surface area contributed by atoms with Crippen molar-refractivity contribution in [2.75, 3.05) is 18.2 Å². The van der Waals surface area contributed by atoms with Gasteiger partial charge in [0.25, 0.3) is 5.56 Å². The number of carbonyl (C=O) groups excluding carboxylic acids is 1. The van der Waals surface area contributed by atoms with E-state index in [1.807, 2.05) is 38.1 Å². The molecule has 0 aliphatic heterocycles. The number of benzene rings is 2. The van der Waals surface area contributed by atoms with Gasteiger partial charge in [-0.2, -0.15) is 5.10 Å². The van der Waals surface area contributed by atoms with E-state index in [1.165, 1.54) is 11.8 Å². The summed E-state index contributed by atoms with van der Waals surface area (Å²) in [5.41, 5.74) is 2.93. The number of methoxy groups -OCH3 is 1. The predicted octanol–water partition coefficient (Wildman–Crippen LogP) is 4.36. The number of fused-ring (bicyclic) bond motifs is 1. The van der Waals surface area contributed by atoms with E-state index in [1.54, 1.807) is 40.6 Å². The van der Waals surface area contributed by atoms with Gasteiger partial charge in [0.05, 0.1) is 25.1 Å². The van der Waals surface area contributed by atoms with Crippen LogP contribution >= 0.6 is 23.4 Å². The number of anilines is 1. The number of hydrogen-bond donors (Lipinski definition) is 1. The van der Waals surface area contributed by atoms with Crippen LogP contribution in [0.5, 0.6) is 5.75 Å². The summed E-state index contributed by atoms with van der Waals surface area (Å²) in [6.45, 7) is 4.56. The average Bonchev–Trinajstić information content (AvgIpc) is 3.17. The number of carbonyl (C=O) groups is 1. The molecular formula is C24H24ClN5O3S. The number of amides is 1. The Morgan fingerprint density at radius 2 is 1.91 bits per heavy atom. The van der Waals surface area contributed by atoms with Crippen LogP contribution in [-0.2, 0) is 17.9 Å². The van der Waals surface area contributed by atoms with Crippen molar-refractivity contribution in [3.8, 4) is 5.75 Å². The third-order valence-corrected chi connectivity index (χ3v) is 6.49. The Hall–Kier alpha value is -3.30. The number of nitrogens with one attached hydrogen (secondary N) is 1. The standard InChI is InChI=1S/C24H24ClN5O3S/c1-4-30-22-21(15(2)28-30)27-24(34-14-20(31)26-18-11-9-17(25)10-12-18)29(23(22)32)13-16-7-5-6-8-19(16)33-3/h5-12H,4,13-14H2,1-3H3,(H,26,31). The van der Waals surface area contributed by atoms with Crippen LogP contribution in [0.15, 0.2) is 58.5 Å². The largest absolute Gasteiger partial charge is 0.496 e. The summed E-state index contributed by atoms with van der Waals surface area (Å²) >= 11 is 7.11. The van der Waals surface area contributed by atoms with Crippen LogP contribution < -0.4 is 15.6 Å². The first kappa shape index (κ1) is 23.8. The van der Waals surface area contributed by atoms with Crippen molar-refractivity contribution in [3.05, 3.63) is 75.2 Å². The Kier molecular flexibility index (Phi) is 7.23. The molecule has 1 amide bonds. The third kappa shape index (κ3) is 4.95. The van der Waals surface area contributed by atoms with Crippen molar-refractivity contribution < 1.29 is 9.53 Å². The minimum Gasteiger partial charge on any atom is -0.496 e. The maximum atomic E-state index is 13.6. The molecule has 0 bridgehead atoms. The highest BCUT2D eigenvalue weighted by atomic mass is 35.5. The summed E-state index contributed by atoms with van der Waals surface area (Å²) in [6, 6.07) is 14.4. The lowest BCUT2D eigenvalue weighted by Crippen LogP contribution is -2.26. The van der Waals surface area contributed by atoms with Crippen molar-refractivity contribution in [1.82, 2.24) is 19.3 Å². The van der Waals surface area contributed by atoms with Gasteiger partial charge in [0.2, 0.25) is 5.91 Å². The number of rotatable bonds is 8. The number of halogens is 1. The first-order valence-corrected chi connectivity index (χ1v) is 12.1. The second kappa shape index (κ2) is 10.3. The Balaban J connectivity index is 1.69. The van der Waals surface area contributed by atoms with E-state index in [9.17, 15) is 9.59 Å². The van der Waals surface area contributed by atoms with Crippen LogP contribution in [0.3, 0.4) is 0 Å². The number of para-hydroxylation sites is 1. The Labute approximate surface area is 205 Å². The minimum absolute atomic E-state index is 0.0768. The summed E-state index contributed by atoms with van der Waals surface area (Å²) in [7, 11) is 1.59. The second-order valence-corrected chi connectivity index (χ2v) is 8.92. The van der Waals surface area contributed by atoms with E-state index < -0.39 is 0 Å². The molecule has 0 aliphatic rings. The molecule has 0 spiro atoms. The van der Waals surface area contributed by atoms with Gasteiger partial charge in [0.1, 0.15) is 11.3 Å². The van der Waals surface area contributed by atoms with Gasteiger partial charge in [0.15, 0.2) is 10.7 Å². The monoisotopic (exact) mass is 497 g/mol. The molecule has 0 aliphatic carbocycles.